The van der Waals surface area contributed by atoms with Crippen molar-refractivity contribution in [2.24, 2.45) is 0 Å². The summed E-state index contributed by atoms with van der Waals surface area (Å²) in [6, 6.07) is 12.0. The number of carbonyl (C=O) groups excluding carboxylic acids is 1. The van der Waals surface area contributed by atoms with Crippen molar-refractivity contribution in [3.8, 4) is 0 Å². The fraction of sp³-hybridized carbons (Fsp3) is 0.348. The fourth-order valence-corrected chi connectivity index (χ4v) is 3.97. The summed E-state index contributed by atoms with van der Waals surface area (Å²) in [7, 11) is 0. The number of carbonyl (C=O) groups is 1. The number of rotatable bonds is 4. The van der Waals surface area contributed by atoms with E-state index in [4.69, 9.17) is 0 Å². The van der Waals surface area contributed by atoms with Gasteiger partial charge in [0.1, 0.15) is 5.82 Å². The first-order valence-electron chi connectivity index (χ1n) is 9.97. The summed E-state index contributed by atoms with van der Waals surface area (Å²) >= 11 is 0. The van der Waals surface area contributed by atoms with Gasteiger partial charge in [0.2, 0.25) is 5.91 Å². The monoisotopic (exact) mass is 374 g/mol. The lowest BCUT2D eigenvalue weighted by molar-refractivity contribution is -0.115. The minimum absolute atomic E-state index is 0.0456. The van der Waals surface area contributed by atoms with Crippen molar-refractivity contribution in [1.82, 2.24) is 9.97 Å². The van der Waals surface area contributed by atoms with Crippen molar-refractivity contribution in [3.63, 3.8) is 0 Å². The maximum atomic E-state index is 12.6. The summed E-state index contributed by atoms with van der Waals surface area (Å²) in [5.41, 5.74) is 4.73. The lowest BCUT2D eigenvalue weighted by Crippen LogP contribution is -2.30. The third-order valence-electron chi connectivity index (χ3n) is 5.53. The van der Waals surface area contributed by atoms with E-state index in [1.54, 1.807) is 6.20 Å². The molecule has 1 N–H and O–H groups in total. The second-order valence-corrected chi connectivity index (χ2v) is 7.50. The molecule has 4 rings (SSSR count). The van der Waals surface area contributed by atoms with E-state index in [1.165, 1.54) is 19.3 Å². The molecular formula is C23H26N4O. The van der Waals surface area contributed by atoms with Gasteiger partial charge in [-0.3, -0.25) is 9.78 Å². The van der Waals surface area contributed by atoms with Crippen LogP contribution in [-0.4, -0.2) is 29.0 Å². The third-order valence-corrected chi connectivity index (χ3v) is 5.53. The van der Waals surface area contributed by atoms with Gasteiger partial charge >= 0.3 is 0 Å². The van der Waals surface area contributed by atoms with Crippen molar-refractivity contribution in [1.29, 1.82) is 0 Å². The van der Waals surface area contributed by atoms with Crippen LogP contribution in [0, 0.1) is 13.8 Å². The largest absolute Gasteiger partial charge is 0.357 e. The van der Waals surface area contributed by atoms with E-state index in [0.717, 1.165) is 52.3 Å². The Labute approximate surface area is 165 Å². The normalized spacial score (nSPS) is 14.3. The smallest absolute Gasteiger partial charge is 0.228 e. The maximum absolute atomic E-state index is 12.6. The lowest BCUT2D eigenvalue weighted by atomic mass is 9.99. The number of nitrogens with zero attached hydrogens (tertiary/aromatic N) is 3. The first-order valence-corrected chi connectivity index (χ1v) is 9.97. The predicted octanol–water partition coefficient (Wildman–Crippen LogP) is 4.42. The van der Waals surface area contributed by atoms with Crippen LogP contribution >= 0.6 is 0 Å². The molecular weight excluding hydrogens is 348 g/mol. The van der Waals surface area contributed by atoms with E-state index in [2.05, 4.69) is 33.2 Å². The van der Waals surface area contributed by atoms with Gasteiger partial charge in [0.05, 0.1) is 23.8 Å². The van der Waals surface area contributed by atoms with Crippen LogP contribution in [0.3, 0.4) is 0 Å². The molecule has 0 atom stereocenters. The molecule has 0 unspecified atom stereocenters. The van der Waals surface area contributed by atoms with E-state index in [-0.39, 0.29) is 5.91 Å². The summed E-state index contributed by atoms with van der Waals surface area (Å²) in [6.45, 7) is 6.16. The molecule has 0 bridgehead atoms. The summed E-state index contributed by atoms with van der Waals surface area (Å²) < 4.78 is 0. The number of aryl methyl sites for hydroxylation is 2. The Morgan fingerprint density at radius 1 is 1.07 bits per heavy atom. The number of aromatic nitrogens is 2. The maximum Gasteiger partial charge on any atom is 0.228 e. The average molecular weight is 374 g/mol. The molecule has 1 amide bonds. The summed E-state index contributed by atoms with van der Waals surface area (Å²) in [5.74, 6) is 0.943. The number of nitrogens with one attached hydrogen (secondary N) is 1. The molecule has 0 spiro atoms. The van der Waals surface area contributed by atoms with Crippen molar-refractivity contribution in [2.75, 3.05) is 23.3 Å². The van der Waals surface area contributed by atoms with Crippen molar-refractivity contribution >= 4 is 28.3 Å². The van der Waals surface area contributed by atoms with Gasteiger partial charge in [0.15, 0.2) is 0 Å². The average Bonchev–Trinajstić information content (AvgIpc) is 2.72. The predicted molar refractivity (Wildman–Crippen MR) is 114 cm³/mol. The highest BCUT2D eigenvalue weighted by Crippen LogP contribution is 2.23. The Kier molecular flexibility index (Phi) is 5.24. The van der Waals surface area contributed by atoms with Gasteiger partial charge < -0.3 is 10.2 Å². The molecule has 28 heavy (non-hydrogen) atoms. The van der Waals surface area contributed by atoms with E-state index >= 15 is 0 Å². The molecule has 0 aliphatic carbocycles. The Balaban J connectivity index is 1.46. The second-order valence-electron chi connectivity index (χ2n) is 7.50. The van der Waals surface area contributed by atoms with Crippen LogP contribution in [0.15, 0.2) is 42.6 Å². The highest BCUT2D eigenvalue weighted by Gasteiger charge is 2.14. The van der Waals surface area contributed by atoms with Crippen LogP contribution in [0.4, 0.5) is 11.5 Å². The van der Waals surface area contributed by atoms with Gasteiger partial charge in [-0.25, -0.2) is 4.98 Å². The number of fused-ring (bicyclic) bond motifs is 1. The first-order chi connectivity index (χ1) is 13.6. The summed E-state index contributed by atoms with van der Waals surface area (Å²) in [5, 5.41) is 4.08. The van der Waals surface area contributed by atoms with Crippen LogP contribution < -0.4 is 10.2 Å². The first kappa shape index (κ1) is 18.4. The highest BCUT2D eigenvalue weighted by molar-refractivity contribution is 5.94. The van der Waals surface area contributed by atoms with Crippen molar-refractivity contribution in [2.45, 2.75) is 39.5 Å². The molecule has 1 fully saturated rings. The molecule has 5 nitrogen and oxygen atoms in total. The molecule has 3 heterocycles. The molecule has 1 aromatic carbocycles. The standard InChI is InChI=1S/C23H26N4O/c1-16-19-8-4-5-9-21(19)25-17(2)20(16)14-23(28)26-18-10-11-22(24-15-18)27-12-6-3-7-13-27/h4-5,8-11,15H,3,6-7,12-14H2,1-2H3,(H,26,28). The number of pyridine rings is 2. The molecule has 2 aromatic heterocycles. The van der Waals surface area contributed by atoms with Gasteiger partial charge in [-0.1, -0.05) is 18.2 Å². The number of para-hydroxylation sites is 1. The molecule has 144 valence electrons. The Bertz CT molecular complexity index is 991. The zero-order valence-corrected chi connectivity index (χ0v) is 16.5. The van der Waals surface area contributed by atoms with Crippen LogP contribution in [0.25, 0.3) is 10.9 Å². The summed E-state index contributed by atoms with van der Waals surface area (Å²) in [6.07, 6.45) is 5.80. The van der Waals surface area contributed by atoms with Crippen LogP contribution in [0.5, 0.6) is 0 Å². The summed E-state index contributed by atoms with van der Waals surface area (Å²) in [4.78, 5) is 24.1. The lowest BCUT2D eigenvalue weighted by Gasteiger charge is -2.27. The number of benzene rings is 1. The van der Waals surface area contributed by atoms with Gasteiger partial charge in [-0.05, 0) is 62.4 Å². The number of amides is 1. The highest BCUT2D eigenvalue weighted by atomic mass is 16.1. The van der Waals surface area contributed by atoms with Gasteiger partial charge in [-0.15, -0.1) is 0 Å². The Morgan fingerprint density at radius 3 is 2.61 bits per heavy atom. The van der Waals surface area contributed by atoms with Gasteiger partial charge in [0, 0.05) is 24.2 Å². The molecule has 0 radical (unpaired) electrons. The van der Waals surface area contributed by atoms with Crippen molar-refractivity contribution < 1.29 is 4.79 Å². The van der Waals surface area contributed by atoms with E-state index in [9.17, 15) is 4.79 Å². The van der Waals surface area contributed by atoms with E-state index in [1.807, 2.05) is 37.3 Å². The van der Waals surface area contributed by atoms with Crippen LogP contribution in [0.1, 0.15) is 36.1 Å². The van der Waals surface area contributed by atoms with Crippen molar-refractivity contribution in [3.05, 3.63) is 59.4 Å². The van der Waals surface area contributed by atoms with E-state index in [0.29, 0.717) is 6.42 Å². The minimum Gasteiger partial charge on any atom is -0.357 e. The Morgan fingerprint density at radius 2 is 1.86 bits per heavy atom. The SMILES string of the molecule is Cc1nc2ccccc2c(C)c1CC(=O)Nc1ccc(N2CCCCC2)nc1. The molecule has 0 saturated carbocycles. The molecule has 3 aromatic rings. The number of piperidine rings is 1. The van der Waals surface area contributed by atoms with Gasteiger partial charge in [-0.2, -0.15) is 0 Å². The second kappa shape index (κ2) is 7.97. The van der Waals surface area contributed by atoms with Crippen LogP contribution in [-0.2, 0) is 11.2 Å². The number of hydrogen-bond donors (Lipinski definition) is 1. The fourth-order valence-electron chi connectivity index (χ4n) is 3.97. The molecule has 5 heteroatoms. The molecule has 1 aliphatic heterocycles. The zero-order valence-electron chi connectivity index (χ0n) is 16.5. The number of anilines is 2. The minimum atomic E-state index is -0.0456. The topological polar surface area (TPSA) is 58.1 Å². The quantitative estimate of drug-likeness (QED) is 0.734. The molecule has 1 saturated heterocycles. The number of hydrogen-bond acceptors (Lipinski definition) is 4. The Hall–Kier alpha value is -2.95. The molecule has 1 aliphatic rings. The zero-order chi connectivity index (χ0) is 19.5. The van der Waals surface area contributed by atoms with E-state index < -0.39 is 0 Å². The third kappa shape index (κ3) is 3.84. The van der Waals surface area contributed by atoms with Gasteiger partial charge in [0.25, 0.3) is 0 Å². The van der Waals surface area contributed by atoms with Crippen LogP contribution in [0.2, 0.25) is 0 Å².